The summed E-state index contributed by atoms with van der Waals surface area (Å²) in [6.45, 7) is 4.28. The van der Waals surface area contributed by atoms with Crippen LogP contribution in [0.2, 0.25) is 0 Å². The second kappa shape index (κ2) is 9.43. The summed E-state index contributed by atoms with van der Waals surface area (Å²) in [7, 11) is 3.75. The maximum absolute atomic E-state index is 6.03. The average Bonchev–Trinajstić information content (AvgIpc) is 3.36. The van der Waals surface area contributed by atoms with Crippen molar-refractivity contribution in [1.29, 1.82) is 0 Å². The predicted molar refractivity (Wildman–Crippen MR) is 142 cm³/mol. The van der Waals surface area contributed by atoms with E-state index in [0.29, 0.717) is 5.11 Å². The zero-order valence-electron chi connectivity index (χ0n) is 20.2. The molecular weight excluding hydrogens is 456 g/mol. The van der Waals surface area contributed by atoms with Gasteiger partial charge in [-0.25, -0.2) is 0 Å². The van der Waals surface area contributed by atoms with Crippen LogP contribution in [0.1, 0.15) is 34.7 Å². The van der Waals surface area contributed by atoms with E-state index >= 15 is 0 Å². The fourth-order valence-corrected chi connectivity index (χ4v) is 4.93. The highest BCUT2D eigenvalue weighted by Gasteiger charge is 2.42. The van der Waals surface area contributed by atoms with E-state index in [-0.39, 0.29) is 12.1 Å². The standard InChI is InChI=1S/C28H28N4O2S/c1-18-17-24(19(2)31(18)3)27-26(25-7-5-6-16-29-25)30-28(35)32(27)20-8-10-22(11-9-20)34-23-14-12-21(33-4)13-15-23/h5-17,26-27H,1-4H3,(H,30,35)/t26-,27-/m1/s1. The Morgan fingerprint density at radius 2 is 1.57 bits per heavy atom. The molecule has 0 aliphatic carbocycles. The van der Waals surface area contributed by atoms with E-state index in [9.17, 15) is 0 Å². The van der Waals surface area contributed by atoms with Gasteiger partial charge in [-0.15, -0.1) is 0 Å². The average molecular weight is 485 g/mol. The minimum absolute atomic E-state index is 0.0364. The molecule has 2 atom stereocenters. The largest absolute Gasteiger partial charge is 0.497 e. The summed E-state index contributed by atoms with van der Waals surface area (Å²) in [5.41, 5.74) is 5.60. The molecule has 2 aromatic carbocycles. The first-order valence-corrected chi connectivity index (χ1v) is 11.9. The van der Waals surface area contributed by atoms with Crippen LogP contribution in [0.3, 0.4) is 0 Å². The second-order valence-electron chi connectivity index (χ2n) is 8.65. The molecule has 0 radical (unpaired) electrons. The lowest BCUT2D eigenvalue weighted by Crippen LogP contribution is -2.29. The van der Waals surface area contributed by atoms with E-state index in [1.807, 2.05) is 72.9 Å². The van der Waals surface area contributed by atoms with E-state index in [2.05, 4.69) is 46.7 Å². The van der Waals surface area contributed by atoms with Gasteiger partial charge in [0.15, 0.2) is 5.11 Å². The maximum Gasteiger partial charge on any atom is 0.174 e. The van der Waals surface area contributed by atoms with E-state index in [1.165, 1.54) is 17.0 Å². The molecule has 4 aromatic rings. The van der Waals surface area contributed by atoms with Crippen LogP contribution in [0.5, 0.6) is 17.2 Å². The van der Waals surface area contributed by atoms with E-state index in [0.717, 1.165) is 28.6 Å². The Morgan fingerprint density at radius 1 is 0.914 bits per heavy atom. The fraction of sp³-hybridized carbons (Fsp3) is 0.214. The summed E-state index contributed by atoms with van der Waals surface area (Å²) in [6.07, 6.45) is 1.83. The predicted octanol–water partition coefficient (Wildman–Crippen LogP) is 6.01. The third-order valence-electron chi connectivity index (χ3n) is 6.64. The monoisotopic (exact) mass is 484 g/mol. The Kier molecular flexibility index (Phi) is 6.17. The molecule has 0 amide bonds. The molecule has 178 valence electrons. The van der Waals surface area contributed by atoms with Crippen molar-refractivity contribution in [1.82, 2.24) is 14.9 Å². The molecule has 7 heteroatoms. The number of aryl methyl sites for hydroxylation is 1. The number of nitrogens with one attached hydrogen (secondary N) is 1. The highest BCUT2D eigenvalue weighted by Crippen LogP contribution is 2.43. The molecule has 1 aliphatic heterocycles. The molecule has 3 heterocycles. The molecule has 0 saturated carbocycles. The third-order valence-corrected chi connectivity index (χ3v) is 6.96. The van der Waals surface area contributed by atoms with Crippen LogP contribution >= 0.6 is 12.2 Å². The van der Waals surface area contributed by atoms with Gasteiger partial charge in [0.1, 0.15) is 17.2 Å². The van der Waals surface area contributed by atoms with Gasteiger partial charge in [0.2, 0.25) is 0 Å². The Balaban J connectivity index is 1.49. The molecule has 1 fully saturated rings. The van der Waals surface area contributed by atoms with Gasteiger partial charge in [0.05, 0.1) is 24.9 Å². The van der Waals surface area contributed by atoms with Crippen molar-refractivity contribution >= 4 is 23.0 Å². The molecule has 0 unspecified atom stereocenters. The van der Waals surface area contributed by atoms with Crippen molar-refractivity contribution in [3.8, 4) is 17.2 Å². The molecule has 35 heavy (non-hydrogen) atoms. The summed E-state index contributed by atoms with van der Waals surface area (Å²) in [5.74, 6) is 2.30. The SMILES string of the molecule is COc1ccc(Oc2ccc(N3C(=S)N[C@H](c4ccccn4)[C@H]3c3cc(C)n(C)c3C)cc2)cc1. The Bertz CT molecular complexity index is 1330. The molecular formula is C28H28N4O2S. The van der Waals surface area contributed by atoms with Crippen LogP contribution in [0.15, 0.2) is 79.0 Å². The number of nitrogens with zero attached hydrogens (tertiary/aromatic N) is 3. The zero-order valence-corrected chi connectivity index (χ0v) is 21.0. The number of aromatic nitrogens is 2. The zero-order chi connectivity index (χ0) is 24.5. The number of hydrogen-bond donors (Lipinski definition) is 1. The van der Waals surface area contributed by atoms with Crippen molar-refractivity contribution in [3.63, 3.8) is 0 Å². The Morgan fingerprint density at radius 3 is 2.14 bits per heavy atom. The van der Waals surface area contributed by atoms with E-state index < -0.39 is 0 Å². The molecule has 6 nitrogen and oxygen atoms in total. The van der Waals surface area contributed by atoms with Crippen LogP contribution in [0, 0.1) is 13.8 Å². The number of rotatable bonds is 6. The van der Waals surface area contributed by atoms with Gasteiger partial charge >= 0.3 is 0 Å². The second-order valence-corrected chi connectivity index (χ2v) is 9.04. The molecule has 2 aromatic heterocycles. The van der Waals surface area contributed by atoms with Gasteiger partial charge in [-0.3, -0.25) is 4.98 Å². The van der Waals surface area contributed by atoms with Crippen LogP contribution in [-0.4, -0.2) is 21.8 Å². The van der Waals surface area contributed by atoms with Gasteiger partial charge in [-0.2, -0.15) is 0 Å². The Hall–Kier alpha value is -3.84. The summed E-state index contributed by atoms with van der Waals surface area (Å²) < 4.78 is 13.5. The fourth-order valence-electron chi connectivity index (χ4n) is 4.59. The highest BCUT2D eigenvalue weighted by molar-refractivity contribution is 7.80. The number of thiocarbonyl (C=S) groups is 1. The number of anilines is 1. The molecule has 1 aliphatic rings. The first-order chi connectivity index (χ1) is 17.0. The lowest BCUT2D eigenvalue weighted by atomic mass is 9.96. The van der Waals surface area contributed by atoms with Crippen LogP contribution in [-0.2, 0) is 7.05 Å². The summed E-state index contributed by atoms with van der Waals surface area (Å²) in [6, 6.07) is 23.7. The molecule has 1 N–H and O–H groups in total. The maximum atomic E-state index is 6.03. The minimum atomic E-state index is -0.0700. The smallest absolute Gasteiger partial charge is 0.174 e. The first-order valence-electron chi connectivity index (χ1n) is 11.5. The topological polar surface area (TPSA) is 51.6 Å². The highest BCUT2D eigenvalue weighted by atomic mass is 32.1. The number of benzene rings is 2. The molecule has 0 spiro atoms. The van der Waals surface area contributed by atoms with Crippen LogP contribution < -0.4 is 19.7 Å². The van der Waals surface area contributed by atoms with Crippen LogP contribution in [0.4, 0.5) is 5.69 Å². The summed E-state index contributed by atoms with van der Waals surface area (Å²) in [4.78, 5) is 6.83. The number of methoxy groups -OCH3 is 1. The van der Waals surface area contributed by atoms with E-state index in [4.69, 9.17) is 21.7 Å². The van der Waals surface area contributed by atoms with Gasteiger partial charge < -0.3 is 24.3 Å². The van der Waals surface area contributed by atoms with Crippen molar-refractivity contribution < 1.29 is 9.47 Å². The van der Waals surface area contributed by atoms with Crippen molar-refractivity contribution in [2.75, 3.05) is 12.0 Å². The van der Waals surface area contributed by atoms with Gasteiger partial charge in [-0.1, -0.05) is 6.07 Å². The lowest BCUT2D eigenvalue weighted by Gasteiger charge is -2.28. The van der Waals surface area contributed by atoms with E-state index in [1.54, 1.807) is 7.11 Å². The normalized spacial score (nSPS) is 17.4. The number of hydrogen-bond acceptors (Lipinski definition) is 4. The lowest BCUT2D eigenvalue weighted by molar-refractivity contribution is 0.413. The molecule has 1 saturated heterocycles. The quantitative estimate of drug-likeness (QED) is 0.338. The van der Waals surface area contributed by atoms with Crippen molar-refractivity contribution in [2.24, 2.45) is 7.05 Å². The minimum Gasteiger partial charge on any atom is -0.497 e. The molecule has 5 rings (SSSR count). The first kappa shape index (κ1) is 22.9. The third kappa shape index (κ3) is 4.35. The van der Waals surface area contributed by atoms with Crippen molar-refractivity contribution in [2.45, 2.75) is 25.9 Å². The van der Waals surface area contributed by atoms with Gasteiger partial charge in [0, 0.05) is 30.3 Å². The van der Waals surface area contributed by atoms with Gasteiger partial charge in [0.25, 0.3) is 0 Å². The van der Waals surface area contributed by atoms with Crippen LogP contribution in [0.25, 0.3) is 0 Å². The number of pyridine rings is 1. The molecule has 0 bridgehead atoms. The number of ether oxygens (including phenoxy) is 2. The summed E-state index contributed by atoms with van der Waals surface area (Å²) in [5, 5.41) is 4.21. The summed E-state index contributed by atoms with van der Waals surface area (Å²) >= 11 is 5.86. The van der Waals surface area contributed by atoms with Gasteiger partial charge in [-0.05, 0) is 98.4 Å². The van der Waals surface area contributed by atoms with Crippen molar-refractivity contribution in [3.05, 3.63) is 102 Å². The Labute approximate surface area is 211 Å².